The van der Waals surface area contributed by atoms with Gasteiger partial charge in [-0.1, -0.05) is 36.4 Å². The minimum absolute atomic E-state index is 0.0158. The predicted molar refractivity (Wildman–Crippen MR) is 121 cm³/mol. The van der Waals surface area contributed by atoms with Crippen molar-refractivity contribution in [3.05, 3.63) is 59.7 Å². The van der Waals surface area contributed by atoms with Crippen molar-refractivity contribution in [3.8, 4) is 5.75 Å². The van der Waals surface area contributed by atoms with E-state index in [1.165, 1.54) is 12.0 Å². The summed E-state index contributed by atoms with van der Waals surface area (Å²) < 4.78 is 21.6. The van der Waals surface area contributed by atoms with Gasteiger partial charge in [-0.05, 0) is 44.0 Å². The minimum Gasteiger partial charge on any atom is -0.486 e. The molecule has 33 heavy (non-hydrogen) atoms. The van der Waals surface area contributed by atoms with E-state index < -0.39 is 23.8 Å². The zero-order chi connectivity index (χ0) is 24.0. The molecule has 0 aromatic heterocycles. The molecule has 0 saturated carbocycles. The van der Waals surface area contributed by atoms with Crippen molar-refractivity contribution < 1.29 is 33.3 Å². The molecular formula is C25H29NO7. The van der Waals surface area contributed by atoms with E-state index in [1.54, 1.807) is 39.0 Å². The summed E-state index contributed by atoms with van der Waals surface area (Å²) in [5.41, 5.74) is 1.39. The second-order valence-electron chi connectivity index (χ2n) is 8.74. The quantitative estimate of drug-likeness (QED) is 0.480. The molecule has 1 aliphatic heterocycles. The monoisotopic (exact) mass is 455 g/mol. The maximum atomic E-state index is 13.0. The van der Waals surface area contributed by atoms with E-state index in [1.807, 2.05) is 30.3 Å². The van der Waals surface area contributed by atoms with E-state index in [4.69, 9.17) is 18.9 Å². The number of ether oxygens (including phenoxy) is 4. The van der Waals surface area contributed by atoms with Crippen LogP contribution in [0.1, 0.15) is 38.3 Å². The second kappa shape index (κ2) is 10.4. The highest BCUT2D eigenvalue weighted by molar-refractivity contribution is 5.91. The van der Waals surface area contributed by atoms with Gasteiger partial charge < -0.3 is 18.9 Å². The zero-order valence-corrected chi connectivity index (χ0v) is 19.3. The summed E-state index contributed by atoms with van der Waals surface area (Å²) in [6.45, 7) is 5.61. The number of anilines is 1. The molecule has 1 heterocycles. The van der Waals surface area contributed by atoms with E-state index in [-0.39, 0.29) is 32.0 Å². The number of carbonyl (C=O) groups excluding carboxylic acids is 3. The predicted octanol–water partition coefficient (Wildman–Crippen LogP) is 4.04. The number of nitrogens with zero attached hydrogens (tertiary/aromatic N) is 1. The van der Waals surface area contributed by atoms with Gasteiger partial charge in [0.25, 0.3) is 0 Å². The molecule has 2 aromatic rings. The Labute approximate surface area is 193 Å². The molecule has 0 radical (unpaired) electrons. The number of carbonyl (C=O) groups is 3. The third-order valence-corrected chi connectivity index (χ3v) is 4.81. The highest BCUT2D eigenvalue weighted by Gasteiger charge is 2.33. The Balaban J connectivity index is 1.81. The summed E-state index contributed by atoms with van der Waals surface area (Å²) in [4.78, 5) is 38.5. The van der Waals surface area contributed by atoms with Gasteiger partial charge >= 0.3 is 18.0 Å². The first-order chi connectivity index (χ1) is 15.6. The lowest BCUT2D eigenvalue weighted by atomic mass is 10.1. The molecule has 1 aliphatic rings. The third-order valence-electron chi connectivity index (χ3n) is 4.81. The topological polar surface area (TPSA) is 91.4 Å². The first kappa shape index (κ1) is 24.1. The highest BCUT2D eigenvalue weighted by Crippen LogP contribution is 2.36. The highest BCUT2D eigenvalue weighted by atomic mass is 16.6. The summed E-state index contributed by atoms with van der Waals surface area (Å²) >= 11 is 0. The smallest absolute Gasteiger partial charge is 0.414 e. The molecule has 0 aliphatic carbocycles. The van der Waals surface area contributed by atoms with Crippen LogP contribution in [0.25, 0.3) is 0 Å². The molecule has 3 rings (SSSR count). The number of hydrogen-bond acceptors (Lipinski definition) is 7. The molecule has 0 fully saturated rings. The number of amides is 1. The molecule has 8 nitrogen and oxygen atoms in total. The van der Waals surface area contributed by atoms with Gasteiger partial charge in [0.15, 0.2) is 0 Å². The Kier molecular flexibility index (Phi) is 7.58. The largest absolute Gasteiger partial charge is 0.486 e. The van der Waals surface area contributed by atoms with Gasteiger partial charge in [0.05, 0.1) is 32.2 Å². The molecule has 0 unspecified atom stereocenters. The number of benzene rings is 2. The van der Waals surface area contributed by atoms with Crippen molar-refractivity contribution in [2.45, 2.75) is 51.9 Å². The van der Waals surface area contributed by atoms with E-state index >= 15 is 0 Å². The van der Waals surface area contributed by atoms with Crippen molar-refractivity contribution in [2.24, 2.45) is 0 Å². The Morgan fingerprint density at radius 1 is 1.03 bits per heavy atom. The van der Waals surface area contributed by atoms with Gasteiger partial charge in [-0.25, -0.2) is 4.79 Å². The van der Waals surface area contributed by atoms with Gasteiger partial charge in [0.2, 0.25) is 0 Å². The molecule has 8 heteroatoms. The fraction of sp³-hybridized carbons (Fsp3) is 0.400. The van der Waals surface area contributed by atoms with Crippen LogP contribution in [0.5, 0.6) is 5.75 Å². The number of hydrogen-bond donors (Lipinski definition) is 0. The lowest BCUT2D eigenvalue weighted by Gasteiger charge is -2.34. The van der Waals surface area contributed by atoms with Crippen LogP contribution in [0.4, 0.5) is 10.5 Å². The van der Waals surface area contributed by atoms with Gasteiger partial charge in [-0.2, -0.15) is 0 Å². The van der Waals surface area contributed by atoms with Crippen LogP contribution in [-0.2, 0) is 36.8 Å². The Morgan fingerprint density at radius 2 is 1.76 bits per heavy atom. The molecule has 0 saturated heterocycles. The van der Waals surface area contributed by atoms with Crippen LogP contribution in [0.3, 0.4) is 0 Å². The van der Waals surface area contributed by atoms with Crippen LogP contribution in [-0.4, -0.2) is 43.4 Å². The summed E-state index contributed by atoms with van der Waals surface area (Å²) in [6, 6.07) is 14.4. The average Bonchev–Trinajstić information content (AvgIpc) is 2.76. The fourth-order valence-electron chi connectivity index (χ4n) is 3.39. The summed E-state index contributed by atoms with van der Waals surface area (Å²) in [7, 11) is 1.30. The maximum Gasteiger partial charge on any atom is 0.414 e. The number of fused-ring (bicyclic) bond motifs is 1. The van der Waals surface area contributed by atoms with E-state index in [0.717, 1.165) is 5.56 Å². The summed E-state index contributed by atoms with van der Waals surface area (Å²) in [5.74, 6) is -0.400. The Morgan fingerprint density at radius 3 is 2.42 bits per heavy atom. The van der Waals surface area contributed by atoms with Crippen molar-refractivity contribution >= 4 is 23.7 Å². The fourth-order valence-corrected chi connectivity index (χ4v) is 3.39. The lowest BCUT2D eigenvalue weighted by Crippen LogP contribution is -2.44. The van der Waals surface area contributed by atoms with Crippen molar-refractivity contribution in [3.63, 3.8) is 0 Å². The molecular weight excluding hydrogens is 426 g/mol. The molecule has 0 spiro atoms. The van der Waals surface area contributed by atoms with Gasteiger partial charge in [-0.3, -0.25) is 14.5 Å². The standard InChI is InChI=1S/C25H29NO7/c1-25(2,3)33-23(28)13-18-10-11-21-20(12-18)26(15-19(32-21)14-22(27)30-4)24(29)31-16-17-8-6-5-7-9-17/h5-12,19H,13-16H2,1-4H3/t19-/m0/s1. The van der Waals surface area contributed by atoms with E-state index in [9.17, 15) is 14.4 Å². The van der Waals surface area contributed by atoms with Crippen LogP contribution in [0.15, 0.2) is 48.5 Å². The third kappa shape index (κ3) is 6.97. The number of rotatable bonds is 6. The summed E-state index contributed by atoms with van der Waals surface area (Å²) in [6.07, 6.45) is -1.14. The van der Waals surface area contributed by atoms with Crippen LogP contribution >= 0.6 is 0 Å². The SMILES string of the molecule is COC(=O)C[C@H]1CN(C(=O)OCc2ccccc2)c2cc(CC(=O)OC(C)(C)C)ccc2O1. The normalized spacial score (nSPS) is 15.2. The molecule has 2 aromatic carbocycles. The van der Waals surface area contributed by atoms with Crippen LogP contribution in [0, 0.1) is 0 Å². The molecule has 1 amide bonds. The van der Waals surface area contributed by atoms with E-state index in [0.29, 0.717) is 17.0 Å². The van der Waals surface area contributed by atoms with E-state index in [2.05, 4.69) is 0 Å². The minimum atomic E-state index is -0.594. The number of esters is 2. The molecule has 176 valence electrons. The second-order valence-corrected chi connectivity index (χ2v) is 8.74. The Hall–Kier alpha value is -3.55. The summed E-state index contributed by atoms with van der Waals surface area (Å²) in [5, 5.41) is 0. The van der Waals surface area contributed by atoms with Gasteiger partial charge in [0.1, 0.15) is 24.1 Å². The average molecular weight is 456 g/mol. The number of methoxy groups -OCH3 is 1. The molecule has 0 bridgehead atoms. The molecule has 0 N–H and O–H groups in total. The zero-order valence-electron chi connectivity index (χ0n) is 19.3. The van der Waals surface area contributed by atoms with Crippen molar-refractivity contribution in [1.82, 2.24) is 0 Å². The van der Waals surface area contributed by atoms with Crippen molar-refractivity contribution in [2.75, 3.05) is 18.6 Å². The Bertz CT molecular complexity index is 998. The van der Waals surface area contributed by atoms with Crippen LogP contribution < -0.4 is 9.64 Å². The van der Waals surface area contributed by atoms with Crippen LogP contribution in [0.2, 0.25) is 0 Å². The molecule has 1 atom stereocenters. The first-order valence-electron chi connectivity index (χ1n) is 10.7. The maximum absolute atomic E-state index is 13.0. The van der Waals surface area contributed by atoms with Crippen molar-refractivity contribution in [1.29, 1.82) is 0 Å². The lowest BCUT2D eigenvalue weighted by molar-refractivity contribution is -0.154. The first-order valence-corrected chi connectivity index (χ1v) is 10.7. The van der Waals surface area contributed by atoms with Gasteiger partial charge in [0, 0.05) is 0 Å². The van der Waals surface area contributed by atoms with Gasteiger partial charge in [-0.15, -0.1) is 0 Å².